The highest BCUT2D eigenvalue weighted by Crippen LogP contribution is 2.38. The van der Waals surface area contributed by atoms with Gasteiger partial charge in [0.15, 0.2) is 0 Å². The SMILES string of the molecule is CCOC(=O)[C@H]1CCCN(C(=O)c2ccc(N3CCc4ccccc43)s2)C1. The Morgan fingerprint density at radius 2 is 2.04 bits per heavy atom. The molecule has 0 unspecified atom stereocenters. The monoisotopic (exact) mass is 384 g/mol. The number of ether oxygens (including phenoxy) is 1. The predicted molar refractivity (Wildman–Crippen MR) is 107 cm³/mol. The average molecular weight is 385 g/mol. The molecule has 27 heavy (non-hydrogen) atoms. The van der Waals surface area contributed by atoms with Crippen LogP contribution in [0.1, 0.15) is 35.0 Å². The lowest BCUT2D eigenvalue weighted by atomic mass is 9.98. The highest BCUT2D eigenvalue weighted by atomic mass is 32.1. The second kappa shape index (κ2) is 7.72. The number of nitrogens with zero attached hydrogens (tertiary/aromatic N) is 2. The van der Waals surface area contributed by atoms with E-state index in [9.17, 15) is 9.59 Å². The first-order valence-electron chi connectivity index (χ1n) is 9.58. The summed E-state index contributed by atoms with van der Waals surface area (Å²) in [5.74, 6) is -0.365. The van der Waals surface area contributed by atoms with E-state index < -0.39 is 0 Å². The molecule has 2 aliphatic heterocycles. The zero-order chi connectivity index (χ0) is 18.8. The zero-order valence-electron chi connectivity index (χ0n) is 15.5. The zero-order valence-corrected chi connectivity index (χ0v) is 16.3. The van der Waals surface area contributed by atoms with Gasteiger partial charge in [0.2, 0.25) is 0 Å². The van der Waals surface area contributed by atoms with Gasteiger partial charge in [0, 0.05) is 25.3 Å². The van der Waals surface area contributed by atoms with E-state index in [0.717, 1.165) is 35.7 Å². The van der Waals surface area contributed by atoms with Gasteiger partial charge >= 0.3 is 5.97 Å². The normalized spacial score (nSPS) is 19.1. The topological polar surface area (TPSA) is 49.9 Å². The van der Waals surface area contributed by atoms with Crippen molar-refractivity contribution in [1.29, 1.82) is 0 Å². The van der Waals surface area contributed by atoms with Crippen LogP contribution in [0.5, 0.6) is 0 Å². The van der Waals surface area contributed by atoms with Crippen LogP contribution in [0.2, 0.25) is 0 Å². The number of piperidine rings is 1. The van der Waals surface area contributed by atoms with Crippen molar-refractivity contribution in [2.75, 3.05) is 31.1 Å². The number of amides is 1. The summed E-state index contributed by atoms with van der Waals surface area (Å²) in [6.07, 6.45) is 2.67. The summed E-state index contributed by atoms with van der Waals surface area (Å²) < 4.78 is 5.14. The molecule has 1 aromatic heterocycles. The Balaban J connectivity index is 1.47. The van der Waals surface area contributed by atoms with Gasteiger partial charge < -0.3 is 14.5 Å². The van der Waals surface area contributed by atoms with E-state index in [2.05, 4.69) is 29.2 Å². The third-order valence-corrected chi connectivity index (χ3v) is 6.38. The van der Waals surface area contributed by atoms with Gasteiger partial charge in [0.05, 0.1) is 22.4 Å². The highest BCUT2D eigenvalue weighted by Gasteiger charge is 2.31. The van der Waals surface area contributed by atoms with Gasteiger partial charge in [-0.15, -0.1) is 11.3 Å². The summed E-state index contributed by atoms with van der Waals surface area (Å²) in [7, 11) is 0. The fourth-order valence-corrected chi connectivity index (χ4v) is 4.94. The minimum Gasteiger partial charge on any atom is -0.466 e. The number of fused-ring (bicyclic) bond motifs is 1. The van der Waals surface area contributed by atoms with E-state index in [1.165, 1.54) is 22.6 Å². The number of carbonyl (C=O) groups excluding carboxylic acids is 2. The van der Waals surface area contributed by atoms with Crippen LogP contribution in [0.25, 0.3) is 0 Å². The van der Waals surface area contributed by atoms with Gasteiger partial charge in [-0.2, -0.15) is 0 Å². The number of anilines is 2. The van der Waals surface area contributed by atoms with E-state index in [0.29, 0.717) is 19.7 Å². The lowest BCUT2D eigenvalue weighted by Crippen LogP contribution is -2.42. The van der Waals surface area contributed by atoms with E-state index in [4.69, 9.17) is 4.74 Å². The number of hydrogen-bond acceptors (Lipinski definition) is 5. The minimum absolute atomic E-state index is 0.0210. The quantitative estimate of drug-likeness (QED) is 0.751. The summed E-state index contributed by atoms with van der Waals surface area (Å²) in [6.45, 7) is 4.30. The van der Waals surface area contributed by atoms with Crippen molar-refractivity contribution in [2.45, 2.75) is 26.2 Å². The van der Waals surface area contributed by atoms with E-state index >= 15 is 0 Å². The van der Waals surface area contributed by atoms with Crippen molar-refractivity contribution < 1.29 is 14.3 Å². The van der Waals surface area contributed by atoms with Crippen LogP contribution in [0.15, 0.2) is 36.4 Å². The van der Waals surface area contributed by atoms with E-state index in [1.807, 2.05) is 19.1 Å². The van der Waals surface area contributed by atoms with Crippen LogP contribution in [-0.2, 0) is 16.0 Å². The molecule has 0 bridgehead atoms. The Morgan fingerprint density at radius 1 is 1.19 bits per heavy atom. The van der Waals surface area contributed by atoms with Gasteiger partial charge in [0.1, 0.15) is 0 Å². The molecule has 142 valence electrons. The molecular weight excluding hydrogens is 360 g/mol. The van der Waals surface area contributed by atoms with Crippen molar-refractivity contribution in [3.63, 3.8) is 0 Å². The standard InChI is InChI=1S/C21H24N2O3S/c1-2-26-21(25)16-7-5-12-22(14-16)20(24)18-9-10-19(27-18)23-13-11-15-6-3-4-8-17(15)23/h3-4,6,8-10,16H,2,5,7,11-14H2,1H3/t16-/m0/s1. The largest absolute Gasteiger partial charge is 0.466 e. The molecule has 0 spiro atoms. The first-order chi connectivity index (χ1) is 13.2. The fraction of sp³-hybridized carbons (Fsp3) is 0.429. The maximum atomic E-state index is 13.0. The Kier molecular flexibility index (Phi) is 5.16. The summed E-state index contributed by atoms with van der Waals surface area (Å²) in [5, 5.41) is 1.10. The van der Waals surface area contributed by atoms with Crippen molar-refractivity contribution in [3.05, 3.63) is 46.8 Å². The molecule has 1 aromatic carbocycles. The Labute approximate surface area is 163 Å². The summed E-state index contributed by atoms with van der Waals surface area (Å²) >= 11 is 1.53. The molecule has 1 fully saturated rings. The van der Waals surface area contributed by atoms with Crippen LogP contribution in [0.3, 0.4) is 0 Å². The number of carbonyl (C=O) groups is 2. The van der Waals surface area contributed by atoms with Crippen molar-refractivity contribution in [3.8, 4) is 0 Å². The minimum atomic E-state index is -0.201. The maximum Gasteiger partial charge on any atom is 0.310 e. The van der Waals surface area contributed by atoms with Gasteiger partial charge in [-0.1, -0.05) is 18.2 Å². The Morgan fingerprint density at radius 3 is 2.89 bits per heavy atom. The smallest absolute Gasteiger partial charge is 0.310 e. The van der Waals surface area contributed by atoms with Gasteiger partial charge in [-0.05, 0) is 49.9 Å². The molecule has 2 aliphatic rings. The number of hydrogen-bond donors (Lipinski definition) is 0. The molecule has 6 heteroatoms. The molecule has 5 nitrogen and oxygen atoms in total. The fourth-order valence-electron chi connectivity index (χ4n) is 3.92. The number of thiophene rings is 1. The average Bonchev–Trinajstić information content (AvgIpc) is 3.34. The van der Waals surface area contributed by atoms with Crippen molar-refractivity contribution in [2.24, 2.45) is 5.92 Å². The lowest BCUT2D eigenvalue weighted by molar-refractivity contribution is -0.149. The third-order valence-electron chi connectivity index (χ3n) is 5.28. The number of esters is 1. The molecular formula is C21H24N2O3S. The second-order valence-electron chi connectivity index (χ2n) is 7.01. The van der Waals surface area contributed by atoms with Crippen molar-refractivity contribution in [1.82, 2.24) is 4.90 Å². The van der Waals surface area contributed by atoms with Crippen LogP contribution in [0.4, 0.5) is 10.7 Å². The van der Waals surface area contributed by atoms with Crippen LogP contribution < -0.4 is 4.90 Å². The molecule has 2 aromatic rings. The molecule has 0 radical (unpaired) electrons. The summed E-state index contributed by atoms with van der Waals surface area (Å²) in [5.41, 5.74) is 2.59. The van der Waals surface area contributed by atoms with Crippen molar-refractivity contribution >= 4 is 33.9 Å². The number of likely N-dealkylation sites (tertiary alicyclic amines) is 1. The summed E-state index contributed by atoms with van der Waals surface area (Å²) in [4.78, 5) is 29.8. The third kappa shape index (κ3) is 3.58. The number of rotatable bonds is 4. The lowest BCUT2D eigenvalue weighted by Gasteiger charge is -2.31. The first kappa shape index (κ1) is 18.0. The van der Waals surface area contributed by atoms with E-state index in [-0.39, 0.29) is 17.8 Å². The van der Waals surface area contributed by atoms with Crippen LogP contribution in [0, 0.1) is 5.92 Å². The van der Waals surface area contributed by atoms with Gasteiger partial charge in [-0.3, -0.25) is 9.59 Å². The molecule has 4 rings (SSSR count). The molecule has 0 aliphatic carbocycles. The first-order valence-corrected chi connectivity index (χ1v) is 10.4. The molecule has 0 saturated carbocycles. The Hall–Kier alpha value is -2.34. The molecule has 1 saturated heterocycles. The molecule has 1 amide bonds. The van der Waals surface area contributed by atoms with Gasteiger partial charge in [0.25, 0.3) is 5.91 Å². The highest BCUT2D eigenvalue weighted by molar-refractivity contribution is 7.18. The van der Waals surface area contributed by atoms with Gasteiger partial charge in [-0.25, -0.2) is 0 Å². The predicted octanol–water partition coefficient (Wildman–Crippen LogP) is 3.86. The van der Waals surface area contributed by atoms with E-state index in [1.54, 1.807) is 4.90 Å². The van der Waals surface area contributed by atoms with Crippen LogP contribution >= 0.6 is 11.3 Å². The molecule has 1 atom stereocenters. The Bertz CT molecular complexity index is 847. The number of benzene rings is 1. The molecule has 3 heterocycles. The second-order valence-corrected chi connectivity index (χ2v) is 8.07. The summed E-state index contributed by atoms with van der Waals surface area (Å²) in [6, 6.07) is 12.4. The molecule has 0 N–H and O–H groups in total. The number of para-hydroxylation sites is 1. The van der Waals surface area contributed by atoms with Crippen LogP contribution in [-0.4, -0.2) is 43.0 Å². The maximum absolute atomic E-state index is 13.0.